The minimum atomic E-state index is -0.222. The van der Waals surface area contributed by atoms with Crippen molar-refractivity contribution in [1.82, 2.24) is 14.8 Å². The monoisotopic (exact) mass is 303 g/mol. The van der Waals surface area contributed by atoms with Gasteiger partial charge in [0, 0.05) is 11.6 Å². The molecule has 0 aliphatic heterocycles. The van der Waals surface area contributed by atoms with Crippen LogP contribution in [-0.2, 0) is 0 Å². The maximum absolute atomic E-state index is 12.5. The summed E-state index contributed by atoms with van der Waals surface area (Å²) in [6, 6.07) is 9.51. The number of rotatable bonds is 6. The van der Waals surface area contributed by atoms with E-state index in [1.165, 1.54) is 11.8 Å². The largest absolute Gasteiger partial charge is 0.344 e. The Morgan fingerprint density at radius 2 is 2.14 bits per heavy atom. The van der Waals surface area contributed by atoms with Crippen molar-refractivity contribution in [1.29, 1.82) is 0 Å². The van der Waals surface area contributed by atoms with E-state index >= 15 is 0 Å². The van der Waals surface area contributed by atoms with Crippen molar-refractivity contribution in [2.24, 2.45) is 0 Å². The summed E-state index contributed by atoms with van der Waals surface area (Å²) < 4.78 is 1.69. The molecule has 2 aromatic rings. The lowest BCUT2D eigenvalue weighted by Gasteiger charge is -2.13. The van der Waals surface area contributed by atoms with Gasteiger partial charge in [0.05, 0.1) is 5.25 Å². The standard InChI is InChI=1S/C15H17N3O2S/c1-2-12(13(19)10-6-4-3-5-7-10)21-15-17-16-14(20)18(15)11-8-9-11/h3-7,11-12H,2,8-9H2,1H3,(H,16,20). The summed E-state index contributed by atoms with van der Waals surface area (Å²) in [5, 5.41) is 6.97. The van der Waals surface area contributed by atoms with Crippen LogP contribution in [0.5, 0.6) is 0 Å². The number of carbonyl (C=O) groups is 1. The van der Waals surface area contributed by atoms with Crippen molar-refractivity contribution >= 4 is 17.5 Å². The zero-order chi connectivity index (χ0) is 14.8. The van der Waals surface area contributed by atoms with Gasteiger partial charge >= 0.3 is 5.69 Å². The van der Waals surface area contributed by atoms with Gasteiger partial charge in [-0.2, -0.15) is 0 Å². The van der Waals surface area contributed by atoms with E-state index in [4.69, 9.17) is 0 Å². The van der Waals surface area contributed by atoms with Gasteiger partial charge < -0.3 is 0 Å². The number of benzene rings is 1. The van der Waals surface area contributed by atoms with Crippen LogP contribution in [0.4, 0.5) is 0 Å². The van der Waals surface area contributed by atoms with Crippen LogP contribution in [0.15, 0.2) is 40.3 Å². The fraction of sp³-hybridized carbons (Fsp3) is 0.400. The maximum Gasteiger partial charge on any atom is 0.344 e. The first-order valence-electron chi connectivity index (χ1n) is 7.13. The SMILES string of the molecule is CCC(Sc1n[nH]c(=O)n1C1CC1)C(=O)c1ccccc1. The molecular formula is C15H17N3O2S. The number of nitrogens with zero attached hydrogens (tertiary/aromatic N) is 2. The van der Waals surface area contributed by atoms with Crippen LogP contribution in [0.2, 0.25) is 0 Å². The van der Waals surface area contributed by atoms with Crippen molar-refractivity contribution < 1.29 is 4.79 Å². The molecule has 1 aliphatic rings. The van der Waals surface area contributed by atoms with Crippen LogP contribution in [0.1, 0.15) is 42.6 Å². The molecule has 3 rings (SSSR count). The highest BCUT2D eigenvalue weighted by Gasteiger charge is 2.30. The lowest BCUT2D eigenvalue weighted by molar-refractivity contribution is 0.0988. The molecule has 5 nitrogen and oxygen atoms in total. The molecule has 1 aromatic carbocycles. The van der Waals surface area contributed by atoms with E-state index in [0.29, 0.717) is 17.1 Å². The normalized spacial score (nSPS) is 15.9. The fourth-order valence-electron chi connectivity index (χ4n) is 2.27. The van der Waals surface area contributed by atoms with Gasteiger partial charge in [-0.25, -0.2) is 9.89 Å². The highest BCUT2D eigenvalue weighted by molar-refractivity contribution is 8.00. The van der Waals surface area contributed by atoms with Gasteiger partial charge in [0.1, 0.15) is 0 Å². The molecule has 6 heteroatoms. The molecule has 0 spiro atoms. The number of nitrogens with one attached hydrogen (secondary N) is 1. The average Bonchev–Trinajstić information content (AvgIpc) is 3.29. The Kier molecular flexibility index (Phi) is 3.96. The van der Waals surface area contributed by atoms with Crippen molar-refractivity contribution in [2.75, 3.05) is 0 Å². The summed E-state index contributed by atoms with van der Waals surface area (Å²) in [4.78, 5) is 24.3. The molecule has 21 heavy (non-hydrogen) atoms. The molecule has 1 saturated carbocycles. The van der Waals surface area contributed by atoms with E-state index in [2.05, 4.69) is 10.2 Å². The number of carbonyl (C=O) groups excluding carboxylic acids is 1. The van der Waals surface area contributed by atoms with Crippen molar-refractivity contribution in [3.63, 3.8) is 0 Å². The van der Waals surface area contributed by atoms with Gasteiger partial charge in [-0.1, -0.05) is 49.0 Å². The maximum atomic E-state index is 12.5. The van der Waals surface area contributed by atoms with Gasteiger partial charge in [0.15, 0.2) is 10.9 Å². The van der Waals surface area contributed by atoms with E-state index in [1.54, 1.807) is 4.57 Å². The van der Waals surface area contributed by atoms with Crippen molar-refractivity contribution in [3.8, 4) is 0 Å². The quantitative estimate of drug-likeness (QED) is 0.658. The lowest BCUT2D eigenvalue weighted by Crippen LogP contribution is -2.20. The first-order valence-corrected chi connectivity index (χ1v) is 8.01. The molecule has 0 radical (unpaired) electrons. The molecule has 0 bridgehead atoms. The second-order valence-corrected chi connectivity index (χ2v) is 6.33. The Hall–Kier alpha value is -1.82. The molecule has 1 atom stereocenters. The summed E-state index contributed by atoms with van der Waals surface area (Å²) in [7, 11) is 0. The highest BCUT2D eigenvalue weighted by atomic mass is 32.2. The molecule has 1 N–H and O–H groups in total. The van der Waals surface area contributed by atoms with Gasteiger partial charge in [0.2, 0.25) is 0 Å². The van der Waals surface area contributed by atoms with Gasteiger partial charge in [-0.3, -0.25) is 9.36 Å². The summed E-state index contributed by atoms with van der Waals surface area (Å²) in [5.74, 6) is 0.0842. The topological polar surface area (TPSA) is 67.8 Å². The van der Waals surface area contributed by atoms with Crippen LogP contribution in [0, 0.1) is 0 Å². The van der Waals surface area contributed by atoms with Crippen molar-refractivity contribution in [3.05, 3.63) is 46.4 Å². The number of aromatic amines is 1. The third kappa shape index (κ3) is 2.95. The van der Waals surface area contributed by atoms with E-state index in [-0.39, 0.29) is 22.8 Å². The van der Waals surface area contributed by atoms with E-state index < -0.39 is 0 Å². The summed E-state index contributed by atoms with van der Waals surface area (Å²) in [6.07, 6.45) is 2.72. The second-order valence-electron chi connectivity index (χ2n) is 5.16. The third-order valence-corrected chi connectivity index (χ3v) is 4.88. The van der Waals surface area contributed by atoms with Crippen LogP contribution in [0.25, 0.3) is 0 Å². The first-order chi connectivity index (χ1) is 10.2. The number of thioether (sulfide) groups is 1. The van der Waals surface area contributed by atoms with Crippen LogP contribution >= 0.6 is 11.8 Å². The molecule has 0 saturated heterocycles. The molecule has 1 aromatic heterocycles. The Balaban J connectivity index is 1.82. The number of H-pyrrole nitrogens is 1. The predicted octanol–water partition coefficient (Wildman–Crippen LogP) is 2.66. The van der Waals surface area contributed by atoms with Gasteiger partial charge in [0.25, 0.3) is 0 Å². The highest BCUT2D eigenvalue weighted by Crippen LogP contribution is 2.37. The third-order valence-electron chi connectivity index (χ3n) is 3.55. The van der Waals surface area contributed by atoms with E-state index in [1.807, 2.05) is 37.3 Å². The van der Waals surface area contributed by atoms with Crippen molar-refractivity contribution in [2.45, 2.75) is 42.6 Å². The van der Waals surface area contributed by atoms with Crippen LogP contribution in [-0.4, -0.2) is 25.8 Å². The Bertz CT molecular complexity index is 688. The number of aromatic nitrogens is 3. The molecule has 1 fully saturated rings. The lowest BCUT2D eigenvalue weighted by atomic mass is 10.1. The average molecular weight is 303 g/mol. The Labute approximate surface area is 126 Å². The van der Waals surface area contributed by atoms with Crippen LogP contribution < -0.4 is 5.69 Å². The first kappa shape index (κ1) is 14.1. The second kappa shape index (κ2) is 5.89. The zero-order valence-electron chi connectivity index (χ0n) is 11.8. The summed E-state index contributed by atoms with van der Waals surface area (Å²) in [5.41, 5.74) is 0.523. The van der Waals surface area contributed by atoms with E-state index in [9.17, 15) is 9.59 Å². The van der Waals surface area contributed by atoms with Gasteiger partial charge in [-0.05, 0) is 19.3 Å². The number of ketones is 1. The molecule has 0 amide bonds. The van der Waals surface area contributed by atoms with Gasteiger partial charge in [-0.15, -0.1) is 5.10 Å². The molecule has 1 heterocycles. The number of hydrogen-bond acceptors (Lipinski definition) is 4. The number of hydrogen-bond donors (Lipinski definition) is 1. The predicted molar refractivity (Wildman–Crippen MR) is 81.8 cm³/mol. The molecule has 1 aliphatic carbocycles. The smallest absolute Gasteiger partial charge is 0.293 e. The van der Waals surface area contributed by atoms with Crippen LogP contribution in [0.3, 0.4) is 0 Å². The molecule has 1 unspecified atom stereocenters. The molecule has 110 valence electrons. The summed E-state index contributed by atoms with van der Waals surface area (Å²) >= 11 is 1.38. The fourth-order valence-corrected chi connectivity index (χ4v) is 3.37. The van der Waals surface area contributed by atoms with E-state index in [0.717, 1.165) is 12.8 Å². The molecular weight excluding hydrogens is 286 g/mol. The summed E-state index contributed by atoms with van der Waals surface area (Å²) in [6.45, 7) is 1.98. The Morgan fingerprint density at radius 3 is 2.76 bits per heavy atom. The Morgan fingerprint density at radius 1 is 1.43 bits per heavy atom. The minimum Gasteiger partial charge on any atom is -0.293 e. The minimum absolute atomic E-state index is 0.0842. The zero-order valence-corrected chi connectivity index (χ0v) is 12.6. The number of Topliss-reactive ketones (excluding diaryl/α,β-unsaturated/α-hetero) is 1.